The zero-order chi connectivity index (χ0) is 14.0. The normalized spacial score (nSPS) is 10.2. The third-order valence-corrected chi connectivity index (χ3v) is 2.92. The van der Waals surface area contributed by atoms with Gasteiger partial charge in [0.15, 0.2) is 0 Å². The van der Waals surface area contributed by atoms with Gasteiger partial charge in [-0.05, 0) is 18.2 Å². The van der Waals surface area contributed by atoms with Crippen LogP contribution in [0.4, 0.5) is 5.69 Å². The Labute approximate surface area is 117 Å². The van der Waals surface area contributed by atoms with Crippen LogP contribution in [0.15, 0.2) is 35.1 Å². The number of anilines is 1. The lowest BCUT2D eigenvalue weighted by atomic mass is 10.1. The predicted octanol–water partition coefficient (Wildman–Crippen LogP) is 2.13. The highest BCUT2D eigenvalue weighted by Crippen LogP contribution is 2.22. The van der Waals surface area contributed by atoms with Crippen LogP contribution in [0.5, 0.6) is 0 Å². The lowest BCUT2D eigenvalue weighted by Gasteiger charge is -2.08. The maximum atomic E-state index is 11.9. The van der Waals surface area contributed by atoms with Crippen LogP contribution in [-0.2, 0) is 7.05 Å². The van der Waals surface area contributed by atoms with Gasteiger partial charge >= 0.3 is 5.97 Å². The molecule has 0 radical (unpaired) electrons. The standard InChI is InChI=1S/C12H10BrN3O3/c1-16-6-7(5-14-16)11(17)15-10-4-8(13)2-3-9(10)12(18)19/h2-6H,1H3,(H,15,17)(H,18,19). The summed E-state index contributed by atoms with van der Waals surface area (Å²) in [7, 11) is 1.69. The number of carboxylic acid groups (broad SMARTS) is 1. The summed E-state index contributed by atoms with van der Waals surface area (Å²) in [6.45, 7) is 0. The number of nitrogens with one attached hydrogen (secondary N) is 1. The second kappa shape index (κ2) is 5.23. The number of aromatic carboxylic acids is 1. The predicted molar refractivity (Wildman–Crippen MR) is 72.3 cm³/mol. The Morgan fingerprint density at radius 3 is 2.74 bits per heavy atom. The number of aryl methyl sites for hydroxylation is 1. The number of benzene rings is 1. The summed E-state index contributed by atoms with van der Waals surface area (Å²) in [5, 5.41) is 15.5. The fourth-order valence-electron chi connectivity index (χ4n) is 1.54. The maximum Gasteiger partial charge on any atom is 0.337 e. The number of nitrogens with zero attached hydrogens (tertiary/aromatic N) is 2. The minimum atomic E-state index is -1.10. The smallest absolute Gasteiger partial charge is 0.337 e. The van der Waals surface area contributed by atoms with Gasteiger partial charge in [-0.25, -0.2) is 4.79 Å². The molecule has 7 heteroatoms. The van der Waals surface area contributed by atoms with Gasteiger partial charge in [0.1, 0.15) is 0 Å². The van der Waals surface area contributed by atoms with Gasteiger partial charge in [0, 0.05) is 17.7 Å². The fraction of sp³-hybridized carbons (Fsp3) is 0.0833. The number of carbonyl (C=O) groups is 2. The van der Waals surface area contributed by atoms with Gasteiger partial charge < -0.3 is 10.4 Å². The number of rotatable bonds is 3. The van der Waals surface area contributed by atoms with E-state index in [0.717, 1.165) is 0 Å². The molecule has 0 aliphatic rings. The molecule has 98 valence electrons. The third-order valence-electron chi connectivity index (χ3n) is 2.43. The summed E-state index contributed by atoms with van der Waals surface area (Å²) in [6, 6.07) is 4.56. The van der Waals surface area contributed by atoms with E-state index >= 15 is 0 Å². The first-order valence-corrected chi connectivity index (χ1v) is 6.09. The molecule has 0 fully saturated rings. The van der Waals surface area contributed by atoms with Crippen molar-refractivity contribution in [2.45, 2.75) is 0 Å². The summed E-state index contributed by atoms with van der Waals surface area (Å²) >= 11 is 3.24. The number of amides is 1. The van der Waals surface area contributed by atoms with E-state index in [1.54, 1.807) is 19.3 Å². The molecule has 2 aromatic rings. The molecule has 19 heavy (non-hydrogen) atoms. The van der Waals surface area contributed by atoms with Crippen LogP contribution in [0, 0.1) is 0 Å². The average molecular weight is 324 g/mol. The van der Waals surface area contributed by atoms with Gasteiger partial charge in [-0.3, -0.25) is 9.48 Å². The van der Waals surface area contributed by atoms with Crippen molar-refractivity contribution in [2.24, 2.45) is 7.05 Å². The average Bonchev–Trinajstić information content (AvgIpc) is 2.75. The second-order valence-electron chi connectivity index (χ2n) is 3.85. The molecule has 0 aliphatic carbocycles. The molecule has 0 bridgehead atoms. The highest BCUT2D eigenvalue weighted by atomic mass is 79.9. The van der Waals surface area contributed by atoms with Crippen LogP contribution < -0.4 is 5.32 Å². The van der Waals surface area contributed by atoms with Crippen molar-refractivity contribution in [2.75, 3.05) is 5.32 Å². The topological polar surface area (TPSA) is 84.2 Å². The van der Waals surface area contributed by atoms with Gasteiger partial charge in [-0.2, -0.15) is 5.10 Å². The van der Waals surface area contributed by atoms with Crippen molar-refractivity contribution in [1.82, 2.24) is 9.78 Å². The lowest BCUT2D eigenvalue weighted by Crippen LogP contribution is -2.14. The Bertz CT molecular complexity index is 651. The second-order valence-corrected chi connectivity index (χ2v) is 4.77. The lowest BCUT2D eigenvalue weighted by molar-refractivity contribution is 0.0698. The van der Waals surface area contributed by atoms with Crippen LogP contribution >= 0.6 is 15.9 Å². The van der Waals surface area contributed by atoms with E-state index in [-0.39, 0.29) is 11.3 Å². The van der Waals surface area contributed by atoms with E-state index in [1.165, 1.54) is 23.0 Å². The molecule has 1 amide bonds. The van der Waals surface area contributed by atoms with Crippen molar-refractivity contribution in [1.29, 1.82) is 0 Å². The van der Waals surface area contributed by atoms with Crippen LogP contribution in [-0.4, -0.2) is 26.8 Å². The number of hydrogen-bond acceptors (Lipinski definition) is 3. The Balaban J connectivity index is 2.30. The Morgan fingerprint density at radius 2 is 2.16 bits per heavy atom. The van der Waals surface area contributed by atoms with E-state index in [9.17, 15) is 9.59 Å². The van der Waals surface area contributed by atoms with E-state index in [2.05, 4.69) is 26.3 Å². The molecule has 0 aliphatic heterocycles. The van der Waals surface area contributed by atoms with E-state index < -0.39 is 11.9 Å². The van der Waals surface area contributed by atoms with Crippen molar-refractivity contribution >= 4 is 33.5 Å². The van der Waals surface area contributed by atoms with E-state index in [1.807, 2.05) is 0 Å². The van der Waals surface area contributed by atoms with Crippen molar-refractivity contribution < 1.29 is 14.7 Å². The van der Waals surface area contributed by atoms with Gasteiger partial charge in [-0.1, -0.05) is 15.9 Å². The zero-order valence-corrected chi connectivity index (χ0v) is 11.5. The Morgan fingerprint density at radius 1 is 1.42 bits per heavy atom. The van der Waals surface area contributed by atoms with Crippen LogP contribution in [0.25, 0.3) is 0 Å². The van der Waals surface area contributed by atoms with Gasteiger partial charge in [0.25, 0.3) is 5.91 Å². The molecule has 2 rings (SSSR count). The quantitative estimate of drug-likeness (QED) is 0.906. The summed E-state index contributed by atoms with van der Waals surface area (Å²) in [6.07, 6.45) is 2.96. The number of hydrogen-bond donors (Lipinski definition) is 2. The first-order valence-electron chi connectivity index (χ1n) is 5.30. The monoisotopic (exact) mass is 323 g/mol. The molecule has 2 N–H and O–H groups in total. The molecular weight excluding hydrogens is 314 g/mol. The molecule has 0 saturated carbocycles. The number of aromatic nitrogens is 2. The van der Waals surface area contributed by atoms with Gasteiger partial charge in [0.05, 0.1) is 23.0 Å². The number of halogens is 1. The highest BCUT2D eigenvalue weighted by Gasteiger charge is 2.14. The molecule has 0 unspecified atom stereocenters. The molecule has 0 saturated heterocycles. The van der Waals surface area contributed by atoms with Crippen molar-refractivity contribution in [3.05, 3.63) is 46.2 Å². The molecule has 6 nitrogen and oxygen atoms in total. The summed E-state index contributed by atoms with van der Waals surface area (Å²) in [4.78, 5) is 23.0. The summed E-state index contributed by atoms with van der Waals surface area (Å²) in [5.41, 5.74) is 0.620. The molecule has 0 atom stereocenters. The third kappa shape index (κ3) is 3.00. The molecular formula is C12H10BrN3O3. The number of carbonyl (C=O) groups excluding carboxylic acids is 1. The molecule has 1 aromatic heterocycles. The number of carboxylic acids is 1. The van der Waals surface area contributed by atoms with Crippen LogP contribution in [0.3, 0.4) is 0 Å². The maximum absolute atomic E-state index is 11.9. The SMILES string of the molecule is Cn1cc(C(=O)Nc2cc(Br)ccc2C(=O)O)cn1. The first kappa shape index (κ1) is 13.3. The summed E-state index contributed by atoms with van der Waals surface area (Å²) in [5.74, 6) is -1.51. The minimum absolute atomic E-state index is 0.0282. The van der Waals surface area contributed by atoms with E-state index in [0.29, 0.717) is 10.0 Å². The van der Waals surface area contributed by atoms with Crippen molar-refractivity contribution in [3.63, 3.8) is 0 Å². The molecule has 1 heterocycles. The molecule has 1 aromatic carbocycles. The molecule has 0 spiro atoms. The largest absolute Gasteiger partial charge is 0.478 e. The Hall–Kier alpha value is -2.15. The fourth-order valence-corrected chi connectivity index (χ4v) is 1.90. The van der Waals surface area contributed by atoms with Crippen LogP contribution in [0.2, 0.25) is 0 Å². The van der Waals surface area contributed by atoms with Crippen molar-refractivity contribution in [3.8, 4) is 0 Å². The summed E-state index contributed by atoms with van der Waals surface area (Å²) < 4.78 is 2.17. The van der Waals surface area contributed by atoms with Gasteiger partial charge in [-0.15, -0.1) is 0 Å². The Kier molecular flexibility index (Phi) is 3.66. The van der Waals surface area contributed by atoms with Crippen LogP contribution in [0.1, 0.15) is 20.7 Å². The highest BCUT2D eigenvalue weighted by molar-refractivity contribution is 9.10. The first-order chi connectivity index (χ1) is 8.97. The minimum Gasteiger partial charge on any atom is -0.478 e. The zero-order valence-electron chi connectivity index (χ0n) is 9.92. The van der Waals surface area contributed by atoms with Gasteiger partial charge in [0.2, 0.25) is 0 Å². The van der Waals surface area contributed by atoms with E-state index in [4.69, 9.17) is 5.11 Å².